The van der Waals surface area contributed by atoms with E-state index in [4.69, 9.17) is 0 Å². The summed E-state index contributed by atoms with van der Waals surface area (Å²) < 4.78 is 4.75. The first-order chi connectivity index (χ1) is 16.3. The van der Waals surface area contributed by atoms with Gasteiger partial charge in [-0.3, -0.25) is 0 Å². The Hall–Kier alpha value is -4.30. The van der Waals surface area contributed by atoms with Gasteiger partial charge < -0.3 is 9.13 Å². The minimum Gasteiger partial charge on any atom is -0.307 e. The number of benzene rings is 4. The fourth-order valence-electron chi connectivity index (χ4n) is 4.96. The molecule has 2 nitrogen and oxygen atoms in total. The molecule has 0 amide bonds. The van der Waals surface area contributed by atoms with E-state index in [1.165, 1.54) is 32.7 Å². The van der Waals surface area contributed by atoms with E-state index in [2.05, 4.69) is 131 Å². The van der Waals surface area contributed by atoms with Crippen LogP contribution in [-0.4, -0.2) is 9.13 Å². The normalized spacial score (nSPS) is 12.6. The number of nitrogens with zero attached hydrogens (tertiary/aromatic N) is 2. The van der Waals surface area contributed by atoms with Crippen molar-refractivity contribution in [2.75, 3.05) is 0 Å². The smallest absolute Gasteiger partial charge is 0.0788 e. The topological polar surface area (TPSA) is 9.86 Å². The van der Waals surface area contributed by atoms with Crippen LogP contribution >= 0.6 is 0 Å². The quantitative estimate of drug-likeness (QED) is 0.307. The first-order valence-electron chi connectivity index (χ1n) is 11.3. The summed E-state index contributed by atoms with van der Waals surface area (Å²) in [4.78, 5) is 0. The number of fused-ring (bicyclic) bond motifs is 5. The third-order valence-electron chi connectivity index (χ3n) is 6.38. The Bertz CT molecular complexity index is 1770. The van der Waals surface area contributed by atoms with E-state index >= 15 is 0 Å². The molecule has 0 aliphatic heterocycles. The number of rotatable bonds is 3. The molecule has 0 unspecified atom stereocenters. The predicted molar refractivity (Wildman–Crippen MR) is 142 cm³/mol. The van der Waals surface area contributed by atoms with Gasteiger partial charge in [-0.2, -0.15) is 0 Å². The van der Waals surface area contributed by atoms with Crippen LogP contribution in [0.25, 0.3) is 56.7 Å². The number of para-hydroxylation sites is 3. The zero-order valence-electron chi connectivity index (χ0n) is 18.6. The van der Waals surface area contributed by atoms with E-state index in [0.29, 0.717) is 0 Å². The molecule has 0 aliphatic carbocycles. The summed E-state index contributed by atoms with van der Waals surface area (Å²) in [5.41, 5.74) is 5.87. The van der Waals surface area contributed by atoms with E-state index < -0.39 is 0 Å². The van der Waals surface area contributed by atoms with E-state index in [1.807, 2.05) is 6.92 Å². The van der Waals surface area contributed by atoms with Crippen LogP contribution in [0.5, 0.6) is 0 Å². The molecule has 0 saturated carbocycles. The van der Waals surface area contributed by atoms with Crippen LogP contribution in [0.3, 0.4) is 0 Å². The second kappa shape index (κ2) is 7.68. The maximum atomic E-state index is 4.52. The van der Waals surface area contributed by atoms with Gasteiger partial charge in [-0.15, -0.1) is 0 Å². The molecule has 0 bridgehead atoms. The van der Waals surface area contributed by atoms with Crippen LogP contribution < -0.4 is 10.6 Å². The van der Waals surface area contributed by atoms with Gasteiger partial charge in [-0.25, -0.2) is 0 Å². The lowest BCUT2D eigenvalue weighted by molar-refractivity contribution is 1.07. The van der Waals surface area contributed by atoms with Gasteiger partial charge in [0.1, 0.15) is 0 Å². The van der Waals surface area contributed by atoms with E-state index in [0.717, 1.165) is 21.9 Å². The third kappa shape index (κ3) is 2.88. The molecular formula is C31H24N2. The van der Waals surface area contributed by atoms with Gasteiger partial charge in [0.25, 0.3) is 0 Å². The summed E-state index contributed by atoms with van der Waals surface area (Å²) in [5, 5.41) is 5.81. The second-order valence-corrected chi connectivity index (χ2v) is 8.27. The molecule has 6 aromatic rings. The highest BCUT2D eigenvalue weighted by atomic mass is 15.0. The van der Waals surface area contributed by atoms with Crippen molar-refractivity contribution in [1.82, 2.24) is 9.13 Å². The molecule has 2 heterocycles. The third-order valence-corrected chi connectivity index (χ3v) is 6.38. The Labute approximate surface area is 192 Å². The lowest BCUT2D eigenvalue weighted by atomic mass is 10.1. The molecule has 6 rings (SSSR count). The lowest BCUT2D eigenvalue weighted by Crippen LogP contribution is -2.26. The fourth-order valence-corrected chi connectivity index (χ4v) is 4.96. The summed E-state index contributed by atoms with van der Waals surface area (Å²) in [6.07, 6.45) is 6.31. The van der Waals surface area contributed by atoms with Crippen molar-refractivity contribution in [2.24, 2.45) is 0 Å². The van der Waals surface area contributed by atoms with Crippen LogP contribution in [0.2, 0.25) is 0 Å². The molecule has 33 heavy (non-hydrogen) atoms. The summed E-state index contributed by atoms with van der Waals surface area (Å²) in [7, 11) is 0. The molecule has 158 valence electrons. The minimum atomic E-state index is 1.04. The molecule has 0 spiro atoms. The fraction of sp³-hybridized carbons (Fsp3) is 0.0323. The van der Waals surface area contributed by atoms with Crippen molar-refractivity contribution in [1.29, 1.82) is 0 Å². The number of aromatic nitrogens is 2. The van der Waals surface area contributed by atoms with E-state index in [-0.39, 0.29) is 0 Å². The molecule has 0 atom stereocenters. The van der Waals surface area contributed by atoms with Crippen LogP contribution in [0.15, 0.2) is 109 Å². The Morgan fingerprint density at radius 3 is 1.88 bits per heavy atom. The zero-order valence-corrected chi connectivity index (χ0v) is 18.6. The molecule has 2 heteroatoms. The monoisotopic (exact) mass is 424 g/mol. The van der Waals surface area contributed by atoms with Crippen molar-refractivity contribution in [2.45, 2.75) is 6.92 Å². The van der Waals surface area contributed by atoms with Gasteiger partial charge in [-0.05, 0) is 43.3 Å². The Morgan fingerprint density at radius 2 is 1.18 bits per heavy atom. The van der Waals surface area contributed by atoms with Crippen LogP contribution in [-0.2, 0) is 0 Å². The maximum absolute atomic E-state index is 4.52. The maximum Gasteiger partial charge on any atom is 0.0788 e. The highest BCUT2D eigenvalue weighted by Crippen LogP contribution is 2.36. The standard InChI is InChI=1S/C31H24N2/c1-3-4-18-28-22(2)25-20-21-27-26-17-11-12-19-29(26)33(24-15-9-6-10-16-24)31(27)30(25)32(28)23-13-7-5-8-14-23/h3-21H,2H2,1H3/b4-3-,28-18+. The average molecular weight is 425 g/mol. The van der Waals surface area contributed by atoms with Crippen molar-refractivity contribution in [3.05, 3.63) is 120 Å². The van der Waals surface area contributed by atoms with Crippen molar-refractivity contribution in [3.63, 3.8) is 0 Å². The highest BCUT2D eigenvalue weighted by Gasteiger charge is 2.19. The summed E-state index contributed by atoms with van der Waals surface area (Å²) >= 11 is 0. The van der Waals surface area contributed by atoms with Crippen LogP contribution in [0, 0.1) is 0 Å². The Balaban J connectivity index is 1.94. The molecular weight excluding hydrogens is 400 g/mol. The molecule has 0 fully saturated rings. The molecule has 4 aromatic carbocycles. The average Bonchev–Trinajstić information content (AvgIpc) is 3.36. The molecule has 0 radical (unpaired) electrons. The Morgan fingerprint density at radius 1 is 0.606 bits per heavy atom. The summed E-state index contributed by atoms with van der Waals surface area (Å²) in [5.74, 6) is 0. The van der Waals surface area contributed by atoms with Gasteiger partial charge in [0.05, 0.1) is 21.9 Å². The zero-order chi connectivity index (χ0) is 22.4. The van der Waals surface area contributed by atoms with Crippen LogP contribution in [0.1, 0.15) is 6.92 Å². The molecule has 0 saturated heterocycles. The van der Waals surface area contributed by atoms with Gasteiger partial charge in [0, 0.05) is 32.8 Å². The lowest BCUT2D eigenvalue weighted by Gasteiger charge is -2.12. The summed E-state index contributed by atoms with van der Waals surface area (Å²) in [6.45, 7) is 6.56. The molecule has 0 N–H and O–H groups in total. The minimum absolute atomic E-state index is 1.04. The second-order valence-electron chi connectivity index (χ2n) is 8.27. The van der Waals surface area contributed by atoms with E-state index in [1.54, 1.807) is 0 Å². The number of allylic oxidation sites excluding steroid dienone is 2. The van der Waals surface area contributed by atoms with Crippen LogP contribution in [0.4, 0.5) is 0 Å². The van der Waals surface area contributed by atoms with Gasteiger partial charge in [0.15, 0.2) is 0 Å². The van der Waals surface area contributed by atoms with Gasteiger partial charge >= 0.3 is 0 Å². The highest BCUT2D eigenvalue weighted by molar-refractivity contribution is 6.18. The molecule has 0 aliphatic rings. The van der Waals surface area contributed by atoms with Gasteiger partial charge in [-0.1, -0.05) is 85.5 Å². The number of hydrogen-bond donors (Lipinski definition) is 0. The van der Waals surface area contributed by atoms with Crippen molar-refractivity contribution >= 4 is 45.4 Å². The van der Waals surface area contributed by atoms with E-state index in [9.17, 15) is 0 Å². The van der Waals surface area contributed by atoms with Crippen molar-refractivity contribution < 1.29 is 0 Å². The molecule has 2 aromatic heterocycles. The SMILES string of the molecule is C=c1/c(=C\C=C/C)n(-c2ccccc2)c2c1ccc1c3ccccc3n(-c3ccccc3)c12. The summed E-state index contributed by atoms with van der Waals surface area (Å²) in [6, 6.07) is 34.4. The van der Waals surface area contributed by atoms with Gasteiger partial charge in [0.2, 0.25) is 0 Å². The first-order valence-corrected chi connectivity index (χ1v) is 11.3. The van der Waals surface area contributed by atoms with Crippen molar-refractivity contribution in [3.8, 4) is 11.4 Å². The largest absolute Gasteiger partial charge is 0.307 e. The predicted octanol–water partition coefficient (Wildman–Crippen LogP) is 6.49. The first kappa shape index (κ1) is 19.4. The Kier molecular flexibility index (Phi) is 4.51. The number of hydrogen-bond acceptors (Lipinski definition) is 0.